The Balaban J connectivity index is 1.87. The van der Waals surface area contributed by atoms with Crippen LogP contribution in [0.25, 0.3) is 10.9 Å². The van der Waals surface area contributed by atoms with Crippen LogP contribution in [0.2, 0.25) is 10.0 Å². The SMILES string of the molecule is O=C(OC[C@@H](O)[C@H](O)CO)c1nn(Cc2cc(Cl)cc(Cl)c2)c2ccccc12. The van der Waals surface area contributed by atoms with Crippen LogP contribution in [0.4, 0.5) is 0 Å². The van der Waals surface area contributed by atoms with Crippen LogP contribution in [-0.4, -0.2) is 56.5 Å². The number of benzene rings is 2. The minimum absolute atomic E-state index is 0.0782. The number of carbonyl (C=O) groups excluding carboxylic acids is 1. The van der Waals surface area contributed by atoms with Gasteiger partial charge in [0.1, 0.15) is 18.8 Å². The van der Waals surface area contributed by atoms with Crippen LogP contribution in [-0.2, 0) is 11.3 Å². The molecule has 0 saturated carbocycles. The van der Waals surface area contributed by atoms with Gasteiger partial charge in [0.25, 0.3) is 0 Å². The molecule has 1 aromatic heterocycles. The molecule has 0 fully saturated rings. The Morgan fingerprint density at radius 2 is 1.79 bits per heavy atom. The van der Waals surface area contributed by atoms with E-state index >= 15 is 0 Å². The van der Waals surface area contributed by atoms with Crippen LogP contribution in [0.3, 0.4) is 0 Å². The quantitative estimate of drug-likeness (QED) is 0.502. The number of para-hydroxylation sites is 1. The summed E-state index contributed by atoms with van der Waals surface area (Å²) < 4.78 is 6.68. The molecule has 0 spiro atoms. The number of fused-ring (bicyclic) bond motifs is 1. The number of rotatable bonds is 7. The molecule has 1 heterocycles. The lowest BCUT2D eigenvalue weighted by atomic mass is 10.2. The number of hydrogen-bond acceptors (Lipinski definition) is 6. The minimum Gasteiger partial charge on any atom is -0.458 e. The van der Waals surface area contributed by atoms with Crippen LogP contribution in [0.5, 0.6) is 0 Å². The maximum Gasteiger partial charge on any atom is 0.359 e. The van der Waals surface area contributed by atoms with Crippen molar-refractivity contribution in [2.45, 2.75) is 18.8 Å². The Bertz CT molecular complexity index is 971. The van der Waals surface area contributed by atoms with E-state index < -0.39 is 31.4 Å². The molecule has 0 aliphatic heterocycles. The fraction of sp³-hybridized carbons (Fsp3) is 0.263. The molecule has 2 aromatic carbocycles. The molecule has 0 aliphatic rings. The molecule has 7 nitrogen and oxygen atoms in total. The predicted molar refractivity (Wildman–Crippen MR) is 105 cm³/mol. The zero-order valence-electron chi connectivity index (χ0n) is 14.6. The number of esters is 1. The number of nitrogens with zero attached hydrogens (tertiary/aromatic N) is 2. The van der Waals surface area contributed by atoms with Gasteiger partial charge in [0.2, 0.25) is 0 Å². The minimum atomic E-state index is -1.39. The summed E-state index contributed by atoms with van der Waals surface area (Å²) in [6, 6.07) is 12.3. The largest absolute Gasteiger partial charge is 0.458 e. The van der Waals surface area contributed by atoms with Crippen molar-refractivity contribution in [1.29, 1.82) is 0 Å². The molecular weight excluding hydrogens is 407 g/mol. The van der Waals surface area contributed by atoms with Crippen LogP contribution in [0, 0.1) is 0 Å². The lowest BCUT2D eigenvalue weighted by molar-refractivity contribution is -0.0468. The first-order valence-electron chi connectivity index (χ1n) is 8.43. The summed E-state index contributed by atoms with van der Waals surface area (Å²) in [7, 11) is 0. The molecule has 28 heavy (non-hydrogen) atoms. The van der Waals surface area contributed by atoms with Crippen LogP contribution in [0.15, 0.2) is 42.5 Å². The van der Waals surface area contributed by atoms with Gasteiger partial charge in [-0.05, 0) is 29.8 Å². The molecule has 0 bridgehead atoms. The summed E-state index contributed by atoms with van der Waals surface area (Å²) in [5.74, 6) is -0.747. The molecule has 0 aliphatic carbocycles. The molecule has 3 rings (SSSR count). The predicted octanol–water partition coefficient (Wildman–Crippen LogP) is 2.26. The third-order valence-electron chi connectivity index (χ3n) is 4.12. The molecule has 3 aromatic rings. The first-order chi connectivity index (χ1) is 13.4. The summed E-state index contributed by atoms with van der Waals surface area (Å²) in [5, 5.41) is 33.8. The number of aliphatic hydroxyl groups excluding tert-OH is 3. The summed E-state index contributed by atoms with van der Waals surface area (Å²) in [5.41, 5.74) is 1.60. The second-order valence-electron chi connectivity index (χ2n) is 6.22. The highest BCUT2D eigenvalue weighted by molar-refractivity contribution is 6.34. The van der Waals surface area contributed by atoms with E-state index in [1.54, 1.807) is 35.0 Å². The van der Waals surface area contributed by atoms with E-state index in [1.165, 1.54) is 0 Å². The normalized spacial score (nSPS) is 13.5. The van der Waals surface area contributed by atoms with E-state index in [2.05, 4.69) is 5.10 Å². The van der Waals surface area contributed by atoms with Crippen molar-refractivity contribution >= 4 is 40.1 Å². The first kappa shape index (κ1) is 20.6. The third-order valence-corrected chi connectivity index (χ3v) is 4.56. The van der Waals surface area contributed by atoms with Gasteiger partial charge in [-0.1, -0.05) is 41.4 Å². The molecule has 0 radical (unpaired) electrons. The lowest BCUT2D eigenvalue weighted by Crippen LogP contribution is -2.34. The van der Waals surface area contributed by atoms with Crippen molar-refractivity contribution in [3.8, 4) is 0 Å². The van der Waals surface area contributed by atoms with Crippen molar-refractivity contribution < 1.29 is 24.9 Å². The number of aliphatic hydroxyl groups is 3. The Morgan fingerprint density at radius 3 is 2.46 bits per heavy atom. The van der Waals surface area contributed by atoms with Crippen LogP contribution >= 0.6 is 23.2 Å². The van der Waals surface area contributed by atoms with E-state index in [-0.39, 0.29) is 5.69 Å². The number of aromatic nitrogens is 2. The summed E-state index contributed by atoms with van der Waals surface area (Å²) in [4.78, 5) is 12.5. The highest BCUT2D eigenvalue weighted by atomic mass is 35.5. The maximum atomic E-state index is 12.5. The van der Waals surface area contributed by atoms with Crippen LogP contribution < -0.4 is 0 Å². The van der Waals surface area contributed by atoms with Gasteiger partial charge in [0.15, 0.2) is 5.69 Å². The zero-order valence-corrected chi connectivity index (χ0v) is 16.1. The molecule has 0 saturated heterocycles. The van der Waals surface area contributed by atoms with Crippen molar-refractivity contribution in [3.05, 3.63) is 63.8 Å². The van der Waals surface area contributed by atoms with Crippen LogP contribution in [0.1, 0.15) is 16.1 Å². The lowest BCUT2D eigenvalue weighted by Gasteiger charge is -2.14. The van der Waals surface area contributed by atoms with E-state index in [0.29, 0.717) is 27.5 Å². The van der Waals surface area contributed by atoms with Gasteiger partial charge in [0, 0.05) is 15.4 Å². The molecule has 2 atom stereocenters. The monoisotopic (exact) mass is 424 g/mol. The van der Waals surface area contributed by atoms with Gasteiger partial charge in [-0.2, -0.15) is 5.10 Å². The first-order valence-corrected chi connectivity index (χ1v) is 9.19. The van der Waals surface area contributed by atoms with Gasteiger partial charge < -0.3 is 20.1 Å². The van der Waals surface area contributed by atoms with Gasteiger partial charge in [-0.25, -0.2) is 4.79 Å². The standard InChI is InChI=1S/C19H18Cl2N2O5/c20-12-5-11(6-13(21)7-12)8-23-15-4-2-1-3-14(15)18(22-23)19(27)28-10-17(26)16(25)9-24/h1-7,16-17,24-26H,8-10H2/t16-,17-/m1/s1. The fourth-order valence-electron chi connectivity index (χ4n) is 2.74. The summed E-state index contributed by atoms with van der Waals surface area (Å²) >= 11 is 12.1. The van der Waals surface area contributed by atoms with Gasteiger partial charge >= 0.3 is 5.97 Å². The van der Waals surface area contributed by atoms with Gasteiger partial charge in [0.05, 0.1) is 18.7 Å². The Labute approximate surface area is 170 Å². The summed E-state index contributed by atoms with van der Waals surface area (Å²) in [6.07, 6.45) is -2.79. The fourth-order valence-corrected chi connectivity index (χ4v) is 3.31. The average Bonchev–Trinajstić information content (AvgIpc) is 3.03. The van der Waals surface area contributed by atoms with Gasteiger partial charge in [-0.15, -0.1) is 0 Å². The van der Waals surface area contributed by atoms with E-state index in [1.807, 2.05) is 12.1 Å². The number of ether oxygens (including phenoxy) is 1. The molecule has 9 heteroatoms. The number of hydrogen-bond donors (Lipinski definition) is 3. The molecule has 3 N–H and O–H groups in total. The maximum absolute atomic E-state index is 12.5. The van der Waals surface area contributed by atoms with Crippen molar-refractivity contribution in [2.75, 3.05) is 13.2 Å². The molecular formula is C19H18Cl2N2O5. The highest BCUT2D eigenvalue weighted by Crippen LogP contribution is 2.23. The molecule has 0 amide bonds. The van der Waals surface area contributed by atoms with Crippen molar-refractivity contribution in [3.63, 3.8) is 0 Å². The molecule has 148 valence electrons. The Kier molecular flexibility index (Phi) is 6.53. The number of carbonyl (C=O) groups is 1. The highest BCUT2D eigenvalue weighted by Gasteiger charge is 2.22. The smallest absolute Gasteiger partial charge is 0.359 e. The van der Waals surface area contributed by atoms with E-state index in [9.17, 15) is 15.0 Å². The van der Waals surface area contributed by atoms with Crippen molar-refractivity contribution in [1.82, 2.24) is 9.78 Å². The average molecular weight is 425 g/mol. The van der Waals surface area contributed by atoms with E-state index in [0.717, 1.165) is 5.56 Å². The summed E-state index contributed by atoms with van der Waals surface area (Å²) in [6.45, 7) is -0.774. The molecule has 0 unspecified atom stereocenters. The Morgan fingerprint density at radius 1 is 1.11 bits per heavy atom. The van der Waals surface area contributed by atoms with E-state index in [4.69, 9.17) is 33.0 Å². The topological polar surface area (TPSA) is 105 Å². The van der Waals surface area contributed by atoms with Gasteiger partial charge in [-0.3, -0.25) is 4.68 Å². The second-order valence-corrected chi connectivity index (χ2v) is 7.09. The second kappa shape index (κ2) is 8.89. The third kappa shape index (κ3) is 4.63. The Hall–Kier alpha value is -2.16. The van der Waals surface area contributed by atoms with Crippen molar-refractivity contribution in [2.24, 2.45) is 0 Å². The number of halogens is 2. The zero-order chi connectivity index (χ0) is 20.3.